The third kappa shape index (κ3) is 5.14. The summed E-state index contributed by atoms with van der Waals surface area (Å²) >= 11 is 0. The summed E-state index contributed by atoms with van der Waals surface area (Å²) in [4.78, 5) is 0. The smallest absolute Gasteiger partial charge is 0.00177 e. The van der Waals surface area contributed by atoms with Gasteiger partial charge in [0.25, 0.3) is 0 Å². The zero-order chi connectivity index (χ0) is 17.2. The average molecular weight is 329 g/mol. The van der Waals surface area contributed by atoms with E-state index in [9.17, 15) is 0 Å². The Hall–Kier alpha value is -1.21. The molecule has 1 heteroatoms. The molecule has 126 valence electrons. The van der Waals surface area contributed by atoms with Crippen molar-refractivity contribution in [1.82, 2.24) is 0 Å². The molecule has 0 aliphatic heterocycles. The Labute approximate surface area is 144 Å². The molecule has 0 saturated carbocycles. The molecular weight excluding hydrogens is 296 g/mol. The Morgan fingerprint density at radius 3 is 1.57 bits per heavy atom. The fourth-order valence-electron chi connectivity index (χ4n) is 2.80. The van der Waals surface area contributed by atoms with Crippen LogP contribution in [0.4, 0.5) is 0 Å². The summed E-state index contributed by atoms with van der Waals surface area (Å²) in [5.74, 6) is 2.34. The van der Waals surface area contributed by atoms with E-state index in [1.165, 1.54) is 33.6 Å². The standard InChI is InChI=1S/C22H32S/c1-16(2)20-12-21(17(3)4)14-22(13-20)19-10-8-18(9-11-19)15-23(5,6)7/h8-14,16-17H,15H2,1-7H3. The third-order valence-electron chi connectivity index (χ3n) is 4.20. The minimum atomic E-state index is -0.491. The third-order valence-corrected chi connectivity index (χ3v) is 5.40. The Morgan fingerprint density at radius 1 is 0.696 bits per heavy atom. The van der Waals surface area contributed by atoms with Crippen LogP contribution in [0.3, 0.4) is 0 Å². The second-order valence-corrected chi connectivity index (χ2v) is 12.6. The van der Waals surface area contributed by atoms with Crippen LogP contribution < -0.4 is 0 Å². The molecule has 0 heterocycles. The van der Waals surface area contributed by atoms with Crippen molar-refractivity contribution >= 4 is 10.0 Å². The Morgan fingerprint density at radius 2 is 1.17 bits per heavy atom. The molecule has 0 aromatic heterocycles. The van der Waals surface area contributed by atoms with Gasteiger partial charge in [-0.15, -0.1) is 0 Å². The van der Waals surface area contributed by atoms with Gasteiger partial charge in [-0.3, -0.25) is 0 Å². The number of rotatable bonds is 5. The van der Waals surface area contributed by atoms with Crippen molar-refractivity contribution < 1.29 is 0 Å². The monoisotopic (exact) mass is 328 g/mol. The van der Waals surface area contributed by atoms with Crippen molar-refractivity contribution in [2.45, 2.75) is 45.3 Å². The van der Waals surface area contributed by atoms with Crippen LogP contribution in [0.15, 0.2) is 42.5 Å². The predicted octanol–water partition coefficient (Wildman–Crippen LogP) is 6.79. The normalized spacial score (nSPS) is 12.9. The zero-order valence-corrected chi connectivity index (χ0v) is 16.6. The predicted molar refractivity (Wildman–Crippen MR) is 109 cm³/mol. The molecule has 2 aromatic carbocycles. The minimum Gasteiger partial charge on any atom is -0.246 e. The van der Waals surface area contributed by atoms with Gasteiger partial charge in [-0.25, -0.2) is 10.0 Å². The molecule has 0 unspecified atom stereocenters. The fraction of sp³-hybridized carbons (Fsp3) is 0.455. The van der Waals surface area contributed by atoms with Crippen molar-refractivity contribution in [1.29, 1.82) is 0 Å². The molecule has 0 saturated heterocycles. The maximum absolute atomic E-state index is 2.38. The van der Waals surface area contributed by atoms with Crippen LogP contribution in [0.2, 0.25) is 0 Å². The molecule has 0 N–H and O–H groups in total. The lowest BCUT2D eigenvalue weighted by Crippen LogP contribution is -1.97. The van der Waals surface area contributed by atoms with Crippen molar-refractivity contribution in [3.63, 3.8) is 0 Å². The van der Waals surface area contributed by atoms with Crippen molar-refractivity contribution in [3.8, 4) is 11.1 Å². The van der Waals surface area contributed by atoms with Crippen molar-refractivity contribution in [3.05, 3.63) is 59.2 Å². The fourth-order valence-corrected chi connectivity index (χ4v) is 4.00. The summed E-state index contributed by atoms with van der Waals surface area (Å²) in [7, 11) is -0.491. The summed E-state index contributed by atoms with van der Waals surface area (Å²) in [5, 5.41) is 0. The van der Waals surface area contributed by atoms with Crippen LogP contribution in [0.1, 0.15) is 56.2 Å². The molecule has 0 spiro atoms. The van der Waals surface area contributed by atoms with E-state index >= 15 is 0 Å². The maximum Gasteiger partial charge on any atom is 0.00177 e. The van der Waals surface area contributed by atoms with Crippen LogP contribution >= 0.6 is 10.0 Å². The molecule has 2 aromatic rings. The van der Waals surface area contributed by atoms with E-state index in [-0.39, 0.29) is 0 Å². The molecule has 0 bridgehead atoms. The van der Waals surface area contributed by atoms with Crippen LogP contribution in [0, 0.1) is 0 Å². The van der Waals surface area contributed by atoms with Gasteiger partial charge in [0, 0.05) is 5.75 Å². The van der Waals surface area contributed by atoms with Crippen molar-refractivity contribution in [2.75, 3.05) is 18.8 Å². The SMILES string of the molecule is CC(C)c1cc(-c2ccc(CS(C)(C)C)cc2)cc(C(C)C)c1. The highest BCUT2D eigenvalue weighted by Crippen LogP contribution is 2.39. The number of benzene rings is 2. The molecule has 0 atom stereocenters. The highest BCUT2D eigenvalue weighted by molar-refractivity contribution is 8.31. The molecular formula is C22H32S. The number of hydrogen-bond acceptors (Lipinski definition) is 0. The van der Waals surface area contributed by atoms with Gasteiger partial charge in [-0.2, -0.15) is 0 Å². The van der Waals surface area contributed by atoms with Gasteiger partial charge in [0.2, 0.25) is 0 Å². The van der Waals surface area contributed by atoms with Crippen molar-refractivity contribution in [2.24, 2.45) is 0 Å². The minimum absolute atomic E-state index is 0.491. The Bertz CT molecular complexity index is 616. The highest BCUT2D eigenvalue weighted by atomic mass is 32.3. The zero-order valence-electron chi connectivity index (χ0n) is 15.8. The molecule has 0 radical (unpaired) electrons. The topological polar surface area (TPSA) is 0 Å². The lowest BCUT2D eigenvalue weighted by Gasteiger charge is -2.25. The summed E-state index contributed by atoms with van der Waals surface area (Å²) in [5.41, 5.74) is 7.03. The molecule has 0 amide bonds. The first-order valence-electron chi connectivity index (χ1n) is 8.56. The lowest BCUT2D eigenvalue weighted by molar-refractivity contribution is 0.834. The summed E-state index contributed by atoms with van der Waals surface area (Å²) in [6.45, 7) is 9.10. The molecule has 0 nitrogen and oxygen atoms in total. The summed E-state index contributed by atoms with van der Waals surface area (Å²) in [6.07, 6.45) is 7.13. The first-order valence-corrected chi connectivity index (χ1v) is 11.6. The summed E-state index contributed by atoms with van der Waals surface area (Å²) < 4.78 is 0. The molecule has 23 heavy (non-hydrogen) atoms. The van der Waals surface area contributed by atoms with Gasteiger partial charge in [-0.05, 0) is 58.4 Å². The van der Waals surface area contributed by atoms with E-state index in [1.54, 1.807) is 0 Å². The molecule has 0 aliphatic rings. The quantitative estimate of drug-likeness (QED) is 0.566. The van der Waals surface area contributed by atoms with Gasteiger partial charge >= 0.3 is 0 Å². The molecule has 0 aliphatic carbocycles. The van der Waals surface area contributed by atoms with Crippen LogP contribution in [0.25, 0.3) is 11.1 Å². The maximum atomic E-state index is 2.38. The van der Waals surface area contributed by atoms with Crippen LogP contribution in [0.5, 0.6) is 0 Å². The highest BCUT2D eigenvalue weighted by Gasteiger charge is 2.10. The van der Waals surface area contributed by atoms with E-state index in [1.807, 2.05) is 0 Å². The van der Waals surface area contributed by atoms with Gasteiger partial charge in [0.05, 0.1) is 0 Å². The van der Waals surface area contributed by atoms with E-state index in [0.717, 1.165) is 0 Å². The molecule has 0 fully saturated rings. The van der Waals surface area contributed by atoms with Crippen LogP contribution in [-0.4, -0.2) is 18.8 Å². The van der Waals surface area contributed by atoms with Gasteiger partial charge in [0.1, 0.15) is 0 Å². The van der Waals surface area contributed by atoms with Gasteiger partial charge in [0.15, 0.2) is 0 Å². The first kappa shape index (κ1) is 18.1. The van der Waals surface area contributed by atoms with Crippen LogP contribution in [-0.2, 0) is 5.75 Å². The van der Waals surface area contributed by atoms with E-state index in [4.69, 9.17) is 0 Å². The summed E-state index contributed by atoms with van der Waals surface area (Å²) in [6, 6.07) is 16.3. The van der Waals surface area contributed by atoms with E-state index in [0.29, 0.717) is 11.8 Å². The Balaban J connectivity index is 2.37. The van der Waals surface area contributed by atoms with E-state index in [2.05, 4.69) is 88.9 Å². The lowest BCUT2D eigenvalue weighted by atomic mass is 9.91. The average Bonchev–Trinajstić information content (AvgIpc) is 2.45. The molecule has 2 rings (SSSR count). The second-order valence-electron chi connectivity index (χ2n) is 8.13. The first-order chi connectivity index (χ1) is 10.7. The number of hydrogen-bond donors (Lipinski definition) is 0. The van der Waals surface area contributed by atoms with E-state index < -0.39 is 10.0 Å². The van der Waals surface area contributed by atoms with Gasteiger partial charge < -0.3 is 0 Å². The second kappa shape index (κ2) is 7.13. The Kier molecular flexibility index (Phi) is 5.62. The largest absolute Gasteiger partial charge is 0.246 e. The van der Waals surface area contributed by atoms with Gasteiger partial charge in [-0.1, -0.05) is 70.2 Å².